The fourth-order valence-corrected chi connectivity index (χ4v) is 4.87. The quantitative estimate of drug-likeness (QED) is 0.107. The van der Waals surface area contributed by atoms with Crippen LogP contribution in [0.5, 0.6) is 11.5 Å². The number of hydrogen-bond donors (Lipinski definition) is 0. The molecule has 4 aromatic carbocycles. The molecule has 1 heterocycles. The second-order valence-electron chi connectivity index (χ2n) is 10.6. The Morgan fingerprint density at radius 3 is 1.68 bits per heavy atom. The van der Waals surface area contributed by atoms with Crippen LogP contribution in [-0.2, 0) is 12.5 Å². The summed E-state index contributed by atoms with van der Waals surface area (Å²) in [6.07, 6.45) is -1.81. The molecule has 0 atom stereocenters. The molecule has 5 aromatic rings. The van der Waals surface area contributed by atoms with Gasteiger partial charge in [-0.3, -0.25) is 0 Å². The summed E-state index contributed by atoms with van der Waals surface area (Å²) in [4.78, 5) is 8.52. The monoisotopic (exact) mass is 710 g/mol. The molecular weight excluding hydrogens is 689 g/mol. The molecule has 0 unspecified atom stereocenters. The van der Waals surface area contributed by atoms with E-state index in [4.69, 9.17) is 0 Å². The van der Waals surface area contributed by atoms with E-state index >= 15 is 8.78 Å². The largest absolute Gasteiger partial charge is 0.573 e. The minimum atomic E-state index is -5.53. The lowest BCUT2D eigenvalue weighted by atomic mass is 9.97. The van der Waals surface area contributed by atoms with Crippen molar-refractivity contribution < 1.29 is 57.8 Å². The van der Waals surface area contributed by atoms with Crippen molar-refractivity contribution in [2.45, 2.75) is 32.2 Å². The van der Waals surface area contributed by atoms with Crippen LogP contribution in [-0.4, -0.2) is 16.3 Å². The third kappa shape index (κ3) is 8.04. The van der Waals surface area contributed by atoms with Gasteiger partial charge in [-0.05, 0) is 60.7 Å². The summed E-state index contributed by atoms with van der Waals surface area (Å²) >= 11 is 0. The lowest BCUT2D eigenvalue weighted by Gasteiger charge is -2.21. The highest BCUT2D eigenvalue weighted by atomic mass is 19.4. The number of halogens is 11. The number of hydrogen-bond acceptors (Lipinski definition) is 4. The minimum Gasteiger partial charge on any atom is -0.429 e. The number of rotatable bonds is 10. The average molecular weight is 711 g/mol. The summed E-state index contributed by atoms with van der Waals surface area (Å²) < 4.78 is 162. The molecule has 0 amide bonds. The predicted molar refractivity (Wildman–Crippen MR) is 159 cm³/mol. The standard InChI is InChI=1S/C35H21F11N2O2/c1-2-3-4-5-18-16-47-33(48-17-18)20-7-9-23(26(37)11-20)19-6-8-24(25(36)10-19)21-12-27(38)31(28(39)13-21)34(42,43)49-22-14-29(40)32(30(41)15-22)50-35(44,45)46/h2-3,6-17H,4-5H2,1H3. The van der Waals surface area contributed by atoms with E-state index in [1.54, 1.807) is 12.4 Å². The Balaban J connectivity index is 1.36. The van der Waals surface area contributed by atoms with Crippen molar-refractivity contribution >= 4 is 0 Å². The zero-order chi connectivity index (χ0) is 36.4. The topological polar surface area (TPSA) is 44.2 Å². The van der Waals surface area contributed by atoms with Crippen molar-refractivity contribution in [2.75, 3.05) is 0 Å². The van der Waals surface area contributed by atoms with Crippen molar-refractivity contribution in [3.05, 3.63) is 131 Å². The van der Waals surface area contributed by atoms with Crippen molar-refractivity contribution in [1.29, 1.82) is 0 Å². The Labute approximate surface area is 276 Å². The van der Waals surface area contributed by atoms with Crippen LogP contribution in [0.25, 0.3) is 33.6 Å². The van der Waals surface area contributed by atoms with Crippen LogP contribution < -0.4 is 9.47 Å². The van der Waals surface area contributed by atoms with Crippen LogP contribution in [0.2, 0.25) is 0 Å². The maximum atomic E-state index is 15.2. The molecule has 1 aromatic heterocycles. The van der Waals surface area contributed by atoms with Crippen molar-refractivity contribution in [3.63, 3.8) is 0 Å². The molecule has 0 aliphatic rings. The normalized spacial score (nSPS) is 12.1. The first-order valence-corrected chi connectivity index (χ1v) is 14.4. The molecule has 0 saturated heterocycles. The predicted octanol–water partition coefficient (Wildman–Crippen LogP) is 10.8. The Hall–Kier alpha value is -5.47. The first-order chi connectivity index (χ1) is 23.6. The van der Waals surface area contributed by atoms with Crippen molar-refractivity contribution in [1.82, 2.24) is 9.97 Å². The Kier molecular flexibility index (Phi) is 10.2. The molecule has 0 fully saturated rings. The third-order valence-corrected chi connectivity index (χ3v) is 7.13. The second kappa shape index (κ2) is 14.2. The molecule has 4 nitrogen and oxygen atoms in total. The lowest BCUT2D eigenvalue weighted by molar-refractivity contribution is -0.276. The average Bonchev–Trinajstić information content (AvgIpc) is 3.02. The van der Waals surface area contributed by atoms with Gasteiger partial charge in [-0.15, -0.1) is 13.2 Å². The number of aryl methyl sites for hydroxylation is 1. The van der Waals surface area contributed by atoms with E-state index in [0.29, 0.717) is 17.7 Å². The zero-order valence-electron chi connectivity index (χ0n) is 25.4. The van der Waals surface area contributed by atoms with E-state index in [0.717, 1.165) is 36.6 Å². The van der Waals surface area contributed by atoms with Gasteiger partial charge in [-0.2, -0.15) is 8.78 Å². The molecule has 0 bridgehead atoms. The summed E-state index contributed by atoms with van der Waals surface area (Å²) in [5.41, 5.74) is -1.86. The molecular formula is C35H21F11N2O2. The summed E-state index contributed by atoms with van der Waals surface area (Å²) in [7, 11) is 0. The fourth-order valence-electron chi connectivity index (χ4n) is 4.87. The van der Waals surface area contributed by atoms with Gasteiger partial charge in [0.25, 0.3) is 0 Å². The number of aromatic nitrogens is 2. The maximum Gasteiger partial charge on any atom is 0.573 e. The molecule has 260 valence electrons. The van der Waals surface area contributed by atoms with Gasteiger partial charge in [0.2, 0.25) is 5.75 Å². The van der Waals surface area contributed by atoms with Crippen LogP contribution in [0, 0.1) is 34.9 Å². The first kappa shape index (κ1) is 35.8. The van der Waals surface area contributed by atoms with E-state index in [2.05, 4.69) is 19.4 Å². The first-order valence-electron chi connectivity index (χ1n) is 14.4. The van der Waals surface area contributed by atoms with Crippen molar-refractivity contribution in [2.24, 2.45) is 0 Å². The maximum absolute atomic E-state index is 15.2. The molecule has 15 heteroatoms. The summed E-state index contributed by atoms with van der Waals surface area (Å²) in [6.45, 7) is 1.91. The molecule has 0 aliphatic carbocycles. The van der Waals surface area contributed by atoms with Gasteiger partial charge in [-0.25, -0.2) is 36.3 Å². The SMILES string of the molecule is CC=CCCc1cnc(-c2ccc(-c3ccc(-c4cc(F)c(C(F)(F)Oc5cc(F)c(OC(F)(F)F)c(F)c5)c(F)c4)c(F)c3)c(F)c2)nc1. The minimum absolute atomic E-state index is 0.0270. The summed E-state index contributed by atoms with van der Waals surface area (Å²) in [6, 6.07) is 7.56. The van der Waals surface area contributed by atoms with E-state index in [9.17, 15) is 39.5 Å². The van der Waals surface area contributed by atoms with Gasteiger partial charge in [0.15, 0.2) is 17.5 Å². The van der Waals surface area contributed by atoms with Gasteiger partial charge in [-0.1, -0.05) is 36.4 Å². The highest BCUT2D eigenvalue weighted by molar-refractivity contribution is 5.73. The van der Waals surface area contributed by atoms with E-state index in [-0.39, 0.29) is 29.1 Å². The van der Waals surface area contributed by atoms with E-state index in [1.807, 2.05) is 19.1 Å². The summed E-state index contributed by atoms with van der Waals surface area (Å²) in [5.74, 6) is -13.2. The molecule has 0 N–H and O–H groups in total. The van der Waals surface area contributed by atoms with E-state index < -0.39 is 75.6 Å². The molecule has 0 radical (unpaired) electrons. The lowest BCUT2D eigenvalue weighted by Crippen LogP contribution is -2.25. The molecule has 0 aliphatic heterocycles. The fraction of sp³-hybridized carbons (Fsp3) is 0.143. The van der Waals surface area contributed by atoms with Gasteiger partial charge in [0, 0.05) is 41.2 Å². The molecule has 5 rings (SSSR count). The van der Waals surface area contributed by atoms with Crippen LogP contribution in [0.3, 0.4) is 0 Å². The molecule has 50 heavy (non-hydrogen) atoms. The van der Waals surface area contributed by atoms with Crippen LogP contribution in [0.15, 0.2) is 85.2 Å². The highest BCUT2D eigenvalue weighted by Gasteiger charge is 2.42. The van der Waals surface area contributed by atoms with Gasteiger partial charge < -0.3 is 9.47 Å². The number of benzene rings is 4. The smallest absolute Gasteiger partial charge is 0.429 e. The van der Waals surface area contributed by atoms with Crippen molar-refractivity contribution in [3.8, 4) is 45.1 Å². The van der Waals surface area contributed by atoms with Crippen LogP contribution in [0.1, 0.15) is 24.5 Å². The second-order valence-corrected chi connectivity index (χ2v) is 10.6. The highest BCUT2D eigenvalue weighted by Crippen LogP contribution is 2.40. The number of nitrogens with zero attached hydrogens (tertiary/aromatic N) is 2. The van der Waals surface area contributed by atoms with Crippen LogP contribution in [0.4, 0.5) is 48.3 Å². The Morgan fingerprint density at radius 2 is 1.14 bits per heavy atom. The summed E-state index contributed by atoms with van der Waals surface area (Å²) in [5, 5.41) is 0. The van der Waals surface area contributed by atoms with E-state index in [1.165, 1.54) is 18.2 Å². The molecule has 0 spiro atoms. The number of allylic oxidation sites excluding steroid dienone is 2. The van der Waals surface area contributed by atoms with Gasteiger partial charge in [0.05, 0.1) is 0 Å². The number of ether oxygens (including phenoxy) is 2. The zero-order valence-corrected chi connectivity index (χ0v) is 25.4. The van der Waals surface area contributed by atoms with Gasteiger partial charge >= 0.3 is 12.5 Å². The van der Waals surface area contributed by atoms with Crippen LogP contribution >= 0.6 is 0 Å². The third-order valence-electron chi connectivity index (χ3n) is 7.13. The number of alkyl halides is 5. The Bertz CT molecular complexity index is 2020. The van der Waals surface area contributed by atoms with Gasteiger partial charge in [0.1, 0.15) is 34.6 Å². The molecule has 0 saturated carbocycles. The Morgan fingerprint density at radius 1 is 0.620 bits per heavy atom.